The standard InChI is InChI=1S/C13H15N3OS/c1-3-11(10-7-5-4-6-8-10)12-15-16-13(18-12)14-9(2)17/h4-8,11H,3H2,1-2H3,(H,14,16,17). The van der Waals surface area contributed by atoms with E-state index < -0.39 is 0 Å². The van der Waals surface area contributed by atoms with E-state index in [1.807, 2.05) is 18.2 Å². The summed E-state index contributed by atoms with van der Waals surface area (Å²) in [6.07, 6.45) is 0.957. The van der Waals surface area contributed by atoms with Gasteiger partial charge in [-0.25, -0.2) is 0 Å². The number of carbonyl (C=O) groups excluding carboxylic acids is 1. The molecule has 1 amide bonds. The van der Waals surface area contributed by atoms with Crippen LogP contribution >= 0.6 is 11.3 Å². The molecule has 0 saturated carbocycles. The lowest BCUT2D eigenvalue weighted by molar-refractivity contribution is -0.114. The molecule has 1 atom stereocenters. The van der Waals surface area contributed by atoms with Gasteiger partial charge >= 0.3 is 0 Å². The summed E-state index contributed by atoms with van der Waals surface area (Å²) in [5.74, 6) is 0.122. The Morgan fingerprint density at radius 1 is 1.33 bits per heavy atom. The second-order valence-electron chi connectivity index (χ2n) is 4.00. The molecule has 0 aliphatic carbocycles. The van der Waals surface area contributed by atoms with Crippen molar-refractivity contribution < 1.29 is 4.79 Å². The minimum Gasteiger partial charge on any atom is -0.301 e. The minimum absolute atomic E-state index is 0.120. The second kappa shape index (κ2) is 5.73. The molecule has 1 aromatic carbocycles. The zero-order valence-corrected chi connectivity index (χ0v) is 11.2. The highest BCUT2D eigenvalue weighted by Gasteiger charge is 2.17. The zero-order chi connectivity index (χ0) is 13.0. The van der Waals surface area contributed by atoms with Gasteiger partial charge in [0.1, 0.15) is 5.01 Å². The number of rotatable bonds is 4. The first-order valence-electron chi connectivity index (χ1n) is 5.86. The van der Waals surface area contributed by atoms with E-state index >= 15 is 0 Å². The van der Waals surface area contributed by atoms with Crippen LogP contribution in [0, 0.1) is 0 Å². The van der Waals surface area contributed by atoms with Gasteiger partial charge in [-0.3, -0.25) is 4.79 Å². The third kappa shape index (κ3) is 2.92. The van der Waals surface area contributed by atoms with Gasteiger partial charge in [0.05, 0.1) is 0 Å². The predicted octanol–water partition coefficient (Wildman–Crippen LogP) is 3.04. The Morgan fingerprint density at radius 3 is 2.67 bits per heavy atom. The van der Waals surface area contributed by atoms with Gasteiger partial charge in [-0.2, -0.15) is 0 Å². The number of carbonyl (C=O) groups is 1. The van der Waals surface area contributed by atoms with Crippen LogP contribution < -0.4 is 5.32 Å². The number of benzene rings is 1. The molecule has 5 heteroatoms. The van der Waals surface area contributed by atoms with Crippen molar-refractivity contribution in [3.63, 3.8) is 0 Å². The normalized spacial score (nSPS) is 12.1. The minimum atomic E-state index is -0.120. The Labute approximate surface area is 110 Å². The molecular weight excluding hydrogens is 246 g/mol. The highest BCUT2D eigenvalue weighted by Crippen LogP contribution is 2.31. The van der Waals surface area contributed by atoms with Crippen LogP contribution in [0.25, 0.3) is 0 Å². The lowest BCUT2D eigenvalue weighted by Crippen LogP contribution is -2.04. The summed E-state index contributed by atoms with van der Waals surface area (Å²) in [6, 6.07) is 10.2. The summed E-state index contributed by atoms with van der Waals surface area (Å²) >= 11 is 1.43. The van der Waals surface area contributed by atoms with Crippen LogP contribution in [0.4, 0.5) is 5.13 Å². The maximum atomic E-state index is 11.0. The first-order valence-corrected chi connectivity index (χ1v) is 6.68. The van der Waals surface area contributed by atoms with Crippen molar-refractivity contribution in [1.29, 1.82) is 0 Å². The van der Waals surface area contributed by atoms with Gasteiger partial charge in [-0.05, 0) is 12.0 Å². The zero-order valence-electron chi connectivity index (χ0n) is 10.4. The number of nitrogens with zero attached hydrogens (tertiary/aromatic N) is 2. The summed E-state index contributed by atoms with van der Waals surface area (Å²) in [6.45, 7) is 3.59. The van der Waals surface area contributed by atoms with Crippen LogP contribution in [0.5, 0.6) is 0 Å². The average Bonchev–Trinajstić information content (AvgIpc) is 2.79. The van der Waals surface area contributed by atoms with E-state index in [0.717, 1.165) is 11.4 Å². The largest absolute Gasteiger partial charge is 0.301 e. The molecule has 1 heterocycles. The Kier molecular flexibility index (Phi) is 4.04. The highest BCUT2D eigenvalue weighted by molar-refractivity contribution is 7.15. The van der Waals surface area contributed by atoms with Gasteiger partial charge in [-0.1, -0.05) is 48.6 Å². The number of aromatic nitrogens is 2. The van der Waals surface area contributed by atoms with Crippen molar-refractivity contribution >= 4 is 22.4 Å². The fraction of sp³-hybridized carbons (Fsp3) is 0.308. The van der Waals surface area contributed by atoms with Gasteiger partial charge < -0.3 is 5.32 Å². The van der Waals surface area contributed by atoms with Gasteiger partial charge in [0.2, 0.25) is 11.0 Å². The molecule has 2 rings (SSSR count). The molecule has 0 aliphatic heterocycles. The van der Waals surface area contributed by atoms with Crippen LogP contribution in [0.3, 0.4) is 0 Å². The van der Waals surface area contributed by atoms with Crippen LogP contribution in [0.2, 0.25) is 0 Å². The number of nitrogens with one attached hydrogen (secondary N) is 1. The van der Waals surface area contributed by atoms with E-state index in [1.54, 1.807) is 0 Å². The van der Waals surface area contributed by atoms with Crippen LogP contribution in [-0.2, 0) is 4.79 Å². The third-order valence-electron chi connectivity index (χ3n) is 2.63. The molecule has 0 fully saturated rings. The third-order valence-corrected chi connectivity index (χ3v) is 3.58. The summed E-state index contributed by atoms with van der Waals surface area (Å²) in [7, 11) is 0. The Bertz CT molecular complexity index is 524. The monoisotopic (exact) mass is 261 g/mol. The SMILES string of the molecule is CCC(c1ccccc1)c1nnc(NC(C)=O)s1. The average molecular weight is 261 g/mol. The van der Waals surface area contributed by atoms with Crippen molar-refractivity contribution in [2.75, 3.05) is 5.32 Å². The number of hydrogen-bond acceptors (Lipinski definition) is 4. The van der Waals surface area contributed by atoms with Gasteiger partial charge in [-0.15, -0.1) is 10.2 Å². The van der Waals surface area contributed by atoms with Crippen molar-refractivity contribution in [2.24, 2.45) is 0 Å². The predicted molar refractivity (Wildman–Crippen MR) is 72.8 cm³/mol. The van der Waals surface area contributed by atoms with Crippen LogP contribution in [0.1, 0.15) is 36.8 Å². The van der Waals surface area contributed by atoms with Crippen molar-refractivity contribution in [3.8, 4) is 0 Å². The molecule has 0 radical (unpaired) electrons. The molecule has 2 aromatic rings. The fourth-order valence-electron chi connectivity index (χ4n) is 1.81. The Morgan fingerprint density at radius 2 is 2.06 bits per heavy atom. The first-order chi connectivity index (χ1) is 8.70. The quantitative estimate of drug-likeness (QED) is 0.920. The van der Waals surface area contributed by atoms with Gasteiger partial charge in [0.25, 0.3) is 0 Å². The van der Waals surface area contributed by atoms with Gasteiger partial charge in [0, 0.05) is 12.8 Å². The lowest BCUT2D eigenvalue weighted by atomic mass is 9.97. The molecule has 1 aromatic heterocycles. The van der Waals surface area contributed by atoms with E-state index in [1.165, 1.54) is 23.8 Å². The molecule has 0 bridgehead atoms. The van der Waals surface area contributed by atoms with Crippen molar-refractivity contribution in [2.45, 2.75) is 26.2 Å². The number of hydrogen-bond donors (Lipinski definition) is 1. The molecule has 0 aliphatic rings. The molecule has 1 unspecified atom stereocenters. The van der Waals surface area contributed by atoms with Crippen LogP contribution in [0.15, 0.2) is 30.3 Å². The fourth-order valence-corrected chi connectivity index (χ4v) is 2.82. The second-order valence-corrected chi connectivity index (χ2v) is 5.01. The molecule has 18 heavy (non-hydrogen) atoms. The maximum absolute atomic E-state index is 11.0. The first kappa shape index (κ1) is 12.7. The Hall–Kier alpha value is -1.75. The summed E-state index contributed by atoms with van der Waals surface area (Å²) in [5, 5.41) is 12.3. The molecule has 0 spiro atoms. The summed E-state index contributed by atoms with van der Waals surface area (Å²) in [4.78, 5) is 11.0. The van der Waals surface area contributed by atoms with Crippen molar-refractivity contribution in [3.05, 3.63) is 40.9 Å². The number of anilines is 1. The lowest BCUT2D eigenvalue weighted by Gasteiger charge is -2.10. The van der Waals surface area contributed by atoms with Crippen molar-refractivity contribution in [1.82, 2.24) is 10.2 Å². The van der Waals surface area contributed by atoms with E-state index in [-0.39, 0.29) is 11.8 Å². The van der Waals surface area contributed by atoms with E-state index in [0.29, 0.717) is 5.13 Å². The van der Waals surface area contributed by atoms with E-state index in [2.05, 4.69) is 34.6 Å². The van der Waals surface area contributed by atoms with Crippen LogP contribution in [-0.4, -0.2) is 16.1 Å². The maximum Gasteiger partial charge on any atom is 0.223 e. The molecule has 4 nitrogen and oxygen atoms in total. The number of amides is 1. The van der Waals surface area contributed by atoms with E-state index in [4.69, 9.17) is 0 Å². The highest BCUT2D eigenvalue weighted by atomic mass is 32.1. The Balaban J connectivity index is 2.23. The smallest absolute Gasteiger partial charge is 0.223 e. The van der Waals surface area contributed by atoms with E-state index in [9.17, 15) is 4.79 Å². The molecule has 0 saturated heterocycles. The van der Waals surface area contributed by atoms with Gasteiger partial charge in [0.15, 0.2) is 0 Å². The summed E-state index contributed by atoms with van der Waals surface area (Å²) in [5.41, 5.74) is 1.23. The molecule has 94 valence electrons. The molecule has 1 N–H and O–H groups in total. The summed E-state index contributed by atoms with van der Waals surface area (Å²) < 4.78 is 0. The molecular formula is C13H15N3OS. The topological polar surface area (TPSA) is 54.9 Å².